The number of aromatic nitrogens is 3. The second-order valence-corrected chi connectivity index (χ2v) is 4.04. The SMILES string of the molecule is Fc1ccc(-c2nc3n(n2)CCCC3)cc1. The van der Waals surface area contributed by atoms with Crippen LogP contribution in [0.4, 0.5) is 4.39 Å². The molecule has 1 aromatic carbocycles. The summed E-state index contributed by atoms with van der Waals surface area (Å²) in [6, 6.07) is 6.32. The van der Waals surface area contributed by atoms with Crippen molar-refractivity contribution in [2.75, 3.05) is 0 Å². The summed E-state index contributed by atoms with van der Waals surface area (Å²) in [5, 5.41) is 4.43. The molecule has 0 aliphatic carbocycles. The standard InChI is InChI=1S/C12H12FN3/c13-10-6-4-9(5-7-10)12-14-11-3-1-2-8-16(11)15-12/h4-7H,1-3,8H2. The van der Waals surface area contributed by atoms with Crippen LogP contribution >= 0.6 is 0 Å². The van der Waals surface area contributed by atoms with Crippen LogP contribution in [0.5, 0.6) is 0 Å². The molecule has 1 aliphatic rings. The van der Waals surface area contributed by atoms with Crippen LogP contribution in [0, 0.1) is 5.82 Å². The van der Waals surface area contributed by atoms with Gasteiger partial charge in [0, 0.05) is 18.5 Å². The van der Waals surface area contributed by atoms with Crippen LogP contribution in [0.15, 0.2) is 24.3 Å². The molecule has 2 aromatic rings. The molecule has 82 valence electrons. The van der Waals surface area contributed by atoms with Gasteiger partial charge in [-0.05, 0) is 37.1 Å². The molecule has 2 heterocycles. The van der Waals surface area contributed by atoms with Crippen molar-refractivity contribution in [3.63, 3.8) is 0 Å². The Morgan fingerprint density at radius 3 is 2.69 bits per heavy atom. The topological polar surface area (TPSA) is 30.7 Å². The normalized spacial score (nSPS) is 14.8. The summed E-state index contributed by atoms with van der Waals surface area (Å²) >= 11 is 0. The Kier molecular flexibility index (Phi) is 2.20. The van der Waals surface area contributed by atoms with E-state index in [0.29, 0.717) is 5.82 Å². The molecule has 0 fully saturated rings. The number of nitrogens with zero attached hydrogens (tertiary/aromatic N) is 3. The third kappa shape index (κ3) is 1.60. The van der Waals surface area contributed by atoms with E-state index in [2.05, 4.69) is 10.1 Å². The smallest absolute Gasteiger partial charge is 0.181 e. The number of fused-ring (bicyclic) bond motifs is 1. The number of hydrogen-bond donors (Lipinski definition) is 0. The quantitative estimate of drug-likeness (QED) is 0.734. The summed E-state index contributed by atoms with van der Waals surface area (Å²) in [5.74, 6) is 1.52. The minimum atomic E-state index is -0.229. The van der Waals surface area contributed by atoms with Crippen LogP contribution in [0.3, 0.4) is 0 Å². The summed E-state index contributed by atoms with van der Waals surface area (Å²) in [6.45, 7) is 0.948. The van der Waals surface area contributed by atoms with Crippen LogP contribution in [-0.2, 0) is 13.0 Å². The molecule has 1 aromatic heterocycles. The predicted octanol–water partition coefficient (Wildman–Crippen LogP) is 2.42. The molecule has 0 saturated heterocycles. The Bertz CT molecular complexity index is 478. The summed E-state index contributed by atoms with van der Waals surface area (Å²) in [4.78, 5) is 4.48. The lowest BCUT2D eigenvalue weighted by atomic mass is 10.2. The number of benzene rings is 1. The average Bonchev–Trinajstić information content (AvgIpc) is 2.73. The van der Waals surface area contributed by atoms with E-state index in [1.165, 1.54) is 25.0 Å². The zero-order chi connectivity index (χ0) is 11.0. The first-order chi connectivity index (χ1) is 7.83. The fraction of sp³-hybridized carbons (Fsp3) is 0.333. The summed E-state index contributed by atoms with van der Waals surface area (Å²) < 4.78 is 14.7. The van der Waals surface area contributed by atoms with Crippen molar-refractivity contribution in [3.05, 3.63) is 35.9 Å². The molecule has 0 atom stereocenters. The highest BCUT2D eigenvalue weighted by Gasteiger charge is 2.14. The summed E-state index contributed by atoms with van der Waals surface area (Å²) in [7, 11) is 0. The van der Waals surface area contributed by atoms with Crippen molar-refractivity contribution in [2.24, 2.45) is 0 Å². The molecule has 4 heteroatoms. The Morgan fingerprint density at radius 1 is 1.12 bits per heavy atom. The van der Waals surface area contributed by atoms with Gasteiger partial charge in [-0.15, -0.1) is 0 Å². The van der Waals surface area contributed by atoms with Gasteiger partial charge in [0.25, 0.3) is 0 Å². The maximum atomic E-state index is 12.8. The van der Waals surface area contributed by atoms with Crippen LogP contribution in [-0.4, -0.2) is 14.8 Å². The zero-order valence-electron chi connectivity index (χ0n) is 8.86. The first kappa shape index (κ1) is 9.51. The molecule has 0 N–H and O–H groups in total. The molecule has 3 rings (SSSR count). The zero-order valence-corrected chi connectivity index (χ0v) is 8.86. The fourth-order valence-electron chi connectivity index (χ4n) is 2.00. The highest BCUT2D eigenvalue weighted by molar-refractivity contribution is 5.54. The van der Waals surface area contributed by atoms with E-state index in [9.17, 15) is 4.39 Å². The first-order valence-corrected chi connectivity index (χ1v) is 5.52. The van der Waals surface area contributed by atoms with E-state index < -0.39 is 0 Å². The Morgan fingerprint density at radius 2 is 1.94 bits per heavy atom. The van der Waals surface area contributed by atoms with Crippen LogP contribution in [0.2, 0.25) is 0 Å². The van der Waals surface area contributed by atoms with E-state index in [4.69, 9.17) is 0 Å². The van der Waals surface area contributed by atoms with Gasteiger partial charge in [0.2, 0.25) is 0 Å². The highest BCUT2D eigenvalue weighted by Crippen LogP contribution is 2.19. The minimum Gasteiger partial charge on any atom is -0.249 e. The monoisotopic (exact) mass is 217 g/mol. The number of aryl methyl sites for hydroxylation is 2. The summed E-state index contributed by atoms with van der Waals surface area (Å²) in [6.07, 6.45) is 3.34. The predicted molar refractivity (Wildman–Crippen MR) is 58.4 cm³/mol. The van der Waals surface area contributed by atoms with E-state index in [-0.39, 0.29) is 5.82 Å². The minimum absolute atomic E-state index is 0.229. The molecule has 16 heavy (non-hydrogen) atoms. The largest absolute Gasteiger partial charge is 0.249 e. The second-order valence-electron chi connectivity index (χ2n) is 4.04. The van der Waals surface area contributed by atoms with Crippen molar-refractivity contribution in [1.82, 2.24) is 14.8 Å². The molecule has 0 saturated carbocycles. The fourth-order valence-corrected chi connectivity index (χ4v) is 2.00. The molecular formula is C12H12FN3. The van der Waals surface area contributed by atoms with E-state index in [0.717, 1.165) is 24.4 Å². The molecule has 0 spiro atoms. The highest BCUT2D eigenvalue weighted by atomic mass is 19.1. The summed E-state index contributed by atoms with van der Waals surface area (Å²) in [5.41, 5.74) is 0.878. The number of halogens is 1. The number of rotatable bonds is 1. The third-order valence-corrected chi connectivity index (χ3v) is 2.87. The molecule has 0 radical (unpaired) electrons. The molecule has 1 aliphatic heterocycles. The average molecular weight is 217 g/mol. The second kappa shape index (κ2) is 3.70. The Hall–Kier alpha value is -1.71. The van der Waals surface area contributed by atoms with Gasteiger partial charge < -0.3 is 0 Å². The van der Waals surface area contributed by atoms with Crippen molar-refractivity contribution in [1.29, 1.82) is 0 Å². The van der Waals surface area contributed by atoms with Crippen LogP contribution in [0.1, 0.15) is 18.7 Å². The Balaban J connectivity index is 2.00. The van der Waals surface area contributed by atoms with Gasteiger partial charge in [0.05, 0.1) is 0 Å². The lowest BCUT2D eigenvalue weighted by Gasteiger charge is -2.09. The molecule has 3 nitrogen and oxygen atoms in total. The van der Waals surface area contributed by atoms with Gasteiger partial charge in [0.1, 0.15) is 11.6 Å². The van der Waals surface area contributed by atoms with E-state index in [1.54, 1.807) is 12.1 Å². The van der Waals surface area contributed by atoms with Crippen molar-refractivity contribution < 1.29 is 4.39 Å². The van der Waals surface area contributed by atoms with Gasteiger partial charge in [-0.3, -0.25) is 0 Å². The van der Waals surface area contributed by atoms with Crippen molar-refractivity contribution in [3.8, 4) is 11.4 Å². The van der Waals surface area contributed by atoms with Gasteiger partial charge in [-0.25, -0.2) is 14.1 Å². The van der Waals surface area contributed by atoms with Gasteiger partial charge in [-0.2, -0.15) is 5.10 Å². The molecule has 0 bridgehead atoms. The van der Waals surface area contributed by atoms with E-state index in [1.807, 2.05) is 4.68 Å². The lowest BCUT2D eigenvalue weighted by molar-refractivity contribution is 0.480. The van der Waals surface area contributed by atoms with Crippen LogP contribution < -0.4 is 0 Å². The van der Waals surface area contributed by atoms with Gasteiger partial charge in [0.15, 0.2) is 5.82 Å². The maximum absolute atomic E-state index is 12.8. The van der Waals surface area contributed by atoms with Crippen molar-refractivity contribution >= 4 is 0 Å². The maximum Gasteiger partial charge on any atom is 0.181 e. The molecule has 0 unspecified atom stereocenters. The number of hydrogen-bond acceptors (Lipinski definition) is 2. The van der Waals surface area contributed by atoms with Crippen molar-refractivity contribution in [2.45, 2.75) is 25.8 Å². The van der Waals surface area contributed by atoms with E-state index >= 15 is 0 Å². The first-order valence-electron chi connectivity index (χ1n) is 5.52. The van der Waals surface area contributed by atoms with Gasteiger partial charge >= 0.3 is 0 Å². The molecule has 0 amide bonds. The lowest BCUT2D eigenvalue weighted by Crippen LogP contribution is -2.11. The Labute approximate surface area is 92.9 Å². The van der Waals surface area contributed by atoms with Gasteiger partial charge in [-0.1, -0.05) is 0 Å². The molecular weight excluding hydrogens is 205 g/mol. The third-order valence-electron chi connectivity index (χ3n) is 2.87. The van der Waals surface area contributed by atoms with Crippen LogP contribution in [0.25, 0.3) is 11.4 Å².